The maximum absolute atomic E-state index is 15.2. The van der Waals surface area contributed by atoms with Crippen LogP contribution in [0, 0.1) is 11.7 Å². The van der Waals surface area contributed by atoms with Crippen LogP contribution in [0.4, 0.5) is 10.1 Å². The van der Waals surface area contributed by atoms with E-state index in [9.17, 15) is 18.0 Å². The van der Waals surface area contributed by atoms with Crippen molar-refractivity contribution in [3.8, 4) is 11.1 Å². The Bertz CT molecular complexity index is 2570. The van der Waals surface area contributed by atoms with Crippen molar-refractivity contribution in [2.24, 2.45) is 5.92 Å². The lowest BCUT2D eigenvalue weighted by molar-refractivity contribution is -0.126. The number of hydrogen-bond donors (Lipinski definition) is 4. The summed E-state index contributed by atoms with van der Waals surface area (Å²) >= 11 is 0. The molecule has 0 aliphatic carbocycles. The lowest BCUT2D eigenvalue weighted by atomic mass is 9.97. The zero-order chi connectivity index (χ0) is 44.8. The number of pyridine rings is 1. The number of aryl methyl sites for hydroxylation is 2. The van der Waals surface area contributed by atoms with Gasteiger partial charge in [-0.15, -0.1) is 0 Å². The maximum atomic E-state index is 15.2. The number of anilines is 1. The number of piperazine rings is 1. The first kappa shape index (κ1) is 45.3. The van der Waals surface area contributed by atoms with E-state index in [1.54, 1.807) is 24.3 Å². The van der Waals surface area contributed by atoms with Crippen molar-refractivity contribution in [1.82, 2.24) is 39.9 Å². The zero-order valence-electron chi connectivity index (χ0n) is 37.0. The number of hydrogen-bond acceptors (Lipinski definition) is 10. The third kappa shape index (κ3) is 10.3. The lowest BCUT2D eigenvalue weighted by Crippen LogP contribution is -2.48. The Kier molecular flexibility index (Phi) is 14.4. The van der Waals surface area contributed by atoms with Crippen LogP contribution in [0.5, 0.6) is 0 Å². The van der Waals surface area contributed by atoms with E-state index in [2.05, 4.69) is 51.2 Å². The van der Waals surface area contributed by atoms with Crippen molar-refractivity contribution in [1.29, 1.82) is 0 Å². The molecule has 0 spiro atoms. The predicted octanol–water partition coefficient (Wildman–Crippen LogP) is 5.85. The number of halogens is 1. The summed E-state index contributed by atoms with van der Waals surface area (Å²) in [5.74, 6) is -1.29. The van der Waals surface area contributed by atoms with E-state index in [0.717, 1.165) is 78.1 Å². The average Bonchev–Trinajstić information content (AvgIpc) is 3.74. The van der Waals surface area contributed by atoms with Gasteiger partial charge in [-0.25, -0.2) is 22.5 Å². The van der Waals surface area contributed by atoms with Crippen molar-refractivity contribution in [2.75, 3.05) is 51.3 Å². The van der Waals surface area contributed by atoms with Crippen LogP contribution >= 0.6 is 0 Å². The molecule has 3 fully saturated rings. The molecule has 4 N–H and O–H groups in total. The van der Waals surface area contributed by atoms with Crippen molar-refractivity contribution < 1.29 is 27.1 Å². The first-order valence-corrected chi connectivity index (χ1v) is 24.2. The van der Waals surface area contributed by atoms with Gasteiger partial charge in [0.25, 0.3) is 5.91 Å². The summed E-state index contributed by atoms with van der Waals surface area (Å²) in [6.07, 6.45) is 5.00. The molecule has 14 nitrogen and oxygen atoms in total. The third-order valence-corrected chi connectivity index (χ3v) is 14.6. The molecule has 2 amide bonds. The predicted molar refractivity (Wildman–Crippen MR) is 246 cm³/mol. The standard InChI is InChI=1S/C48H60FN9O5S/c1-4-44-41(45(54-38-16-22-63-23-17-38)42-29-53-58(5-2)46(42)55-44)28-52-47(59)35-14-19-57(20-15-35)64(61,62)39-11-7-10-37(26-39)48(60)51-27-33-12-13-43(49)40(25-33)36-9-6-8-34(24-36)31-56-21-18-50-32(3)30-56/h6-13,24-26,29,32,35,38,50H,4-5,14-23,27-28,30-31H2,1-3H3,(H,51,60)(H,52,59)(H,54,55)/t32-/m0/s1. The molecule has 64 heavy (non-hydrogen) atoms. The van der Waals surface area contributed by atoms with Gasteiger partial charge in [-0.1, -0.05) is 37.3 Å². The van der Waals surface area contributed by atoms with Gasteiger partial charge in [0, 0.05) is 113 Å². The first-order valence-electron chi connectivity index (χ1n) is 22.7. The van der Waals surface area contributed by atoms with Gasteiger partial charge in [0.1, 0.15) is 5.82 Å². The van der Waals surface area contributed by atoms with E-state index in [1.165, 1.54) is 22.5 Å². The Morgan fingerprint density at radius 2 is 1.72 bits per heavy atom. The highest BCUT2D eigenvalue weighted by atomic mass is 32.2. The fourth-order valence-corrected chi connectivity index (χ4v) is 10.7. The molecule has 3 aromatic carbocycles. The van der Waals surface area contributed by atoms with Crippen LogP contribution in [0.1, 0.15) is 79.2 Å². The van der Waals surface area contributed by atoms with Crippen molar-refractivity contribution in [2.45, 2.75) is 96.0 Å². The number of carbonyl (C=O) groups is 2. The molecule has 340 valence electrons. The number of nitrogens with one attached hydrogen (secondary N) is 4. The van der Waals surface area contributed by atoms with Crippen LogP contribution in [-0.4, -0.2) is 102 Å². The highest BCUT2D eigenvalue weighted by Gasteiger charge is 2.33. The van der Waals surface area contributed by atoms with E-state index < -0.39 is 15.9 Å². The minimum atomic E-state index is -3.96. The molecular formula is C48H60FN9O5S. The smallest absolute Gasteiger partial charge is 0.251 e. The molecule has 1 atom stereocenters. The largest absolute Gasteiger partial charge is 0.381 e. The first-order chi connectivity index (χ1) is 31.0. The monoisotopic (exact) mass is 893 g/mol. The zero-order valence-corrected chi connectivity index (χ0v) is 37.9. The Balaban J connectivity index is 0.873. The summed E-state index contributed by atoms with van der Waals surface area (Å²) in [7, 11) is -3.96. The van der Waals surface area contributed by atoms with Crippen molar-refractivity contribution >= 4 is 38.6 Å². The number of fused-ring (bicyclic) bond motifs is 1. The molecule has 3 saturated heterocycles. The van der Waals surface area contributed by atoms with Gasteiger partial charge >= 0.3 is 0 Å². The summed E-state index contributed by atoms with van der Waals surface area (Å²) in [6.45, 7) is 12.7. The topological polar surface area (TPSA) is 163 Å². The second kappa shape index (κ2) is 20.3. The van der Waals surface area contributed by atoms with Gasteiger partial charge in [0.15, 0.2) is 5.65 Å². The van der Waals surface area contributed by atoms with Crippen LogP contribution in [-0.2, 0) is 52.2 Å². The number of nitrogens with zero attached hydrogens (tertiary/aromatic N) is 5. The van der Waals surface area contributed by atoms with Crippen LogP contribution in [0.15, 0.2) is 77.8 Å². The van der Waals surface area contributed by atoms with E-state index in [4.69, 9.17) is 9.72 Å². The SMILES string of the molecule is CCc1nc2c(cnn2CC)c(NC2CCOCC2)c1CNC(=O)C1CCN(S(=O)(=O)c2cccc(C(=O)NCc3ccc(F)c(-c4cccc(CN5CCN[C@@H](C)C5)c4)c3)c2)CC1. The van der Waals surface area contributed by atoms with Gasteiger partial charge in [-0.05, 0) is 99.0 Å². The summed E-state index contributed by atoms with van der Waals surface area (Å²) in [4.78, 5) is 34.5. The molecule has 2 aromatic heterocycles. The number of rotatable bonds is 15. The number of sulfonamides is 1. The Hall–Kier alpha value is -5.26. The second-order valence-electron chi connectivity index (χ2n) is 17.2. The Labute approximate surface area is 375 Å². The minimum absolute atomic E-state index is 0.00761. The Morgan fingerprint density at radius 3 is 2.48 bits per heavy atom. The molecule has 0 unspecified atom stereocenters. The maximum Gasteiger partial charge on any atom is 0.251 e. The number of carbonyl (C=O) groups excluding carboxylic acids is 2. The quantitative estimate of drug-likeness (QED) is 0.100. The molecule has 16 heteroatoms. The van der Waals surface area contributed by atoms with Gasteiger partial charge in [0.2, 0.25) is 15.9 Å². The van der Waals surface area contributed by atoms with Crippen molar-refractivity contribution in [3.05, 3.63) is 107 Å². The number of amides is 2. The number of piperidine rings is 1. The normalized spacial score (nSPS) is 18.3. The van der Waals surface area contributed by atoms with E-state index >= 15 is 4.39 Å². The average molecular weight is 894 g/mol. The van der Waals surface area contributed by atoms with Gasteiger partial charge in [0.05, 0.1) is 22.2 Å². The Morgan fingerprint density at radius 1 is 0.922 bits per heavy atom. The van der Waals surface area contributed by atoms with Gasteiger partial charge < -0.3 is 26.0 Å². The molecular weight excluding hydrogens is 834 g/mol. The molecule has 0 radical (unpaired) electrons. The lowest BCUT2D eigenvalue weighted by Gasteiger charge is -2.31. The number of benzene rings is 3. The van der Waals surface area contributed by atoms with Gasteiger partial charge in [-0.3, -0.25) is 14.5 Å². The molecule has 0 saturated carbocycles. The summed E-state index contributed by atoms with van der Waals surface area (Å²) in [6, 6.07) is 19.4. The van der Waals surface area contributed by atoms with E-state index in [1.807, 2.05) is 36.0 Å². The van der Waals surface area contributed by atoms with Crippen LogP contribution < -0.4 is 21.3 Å². The molecule has 5 aromatic rings. The molecule has 5 heterocycles. The molecule has 3 aliphatic heterocycles. The summed E-state index contributed by atoms with van der Waals surface area (Å²) in [5, 5.41) is 18.8. The fraction of sp³-hybridized carbons (Fsp3) is 0.458. The fourth-order valence-electron chi connectivity index (χ4n) is 9.16. The second-order valence-corrected chi connectivity index (χ2v) is 19.1. The van der Waals surface area contributed by atoms with Crippen LogP contribution in [0.2, 0.25) is 0 Å². The summed E-state index contributed by atoms with van der Waals surface area (Å²) in [5.41, 5.74) is 6.82. The summed E-state index contributed by atoms with van der Waals surface area (Å²) < 4.78 is 51.9. The highest BCUT2D eigenvalue weighted by molar-refractivity contribution is 7.89. The van der Waals surface area contributed by atoms with E-state index in [0.29, 0.717) is 56.2 Å². The molecule has 0 bridgehead atoms. The van der Waals surface area contributed by atoms with Crippen LogP contribution in [0.25, 0.3) is 22.2 Å². The van der Waals surface area contributed by atoms with Crippen molar-refractivity contribution in [3.63, 3.8) is 0 Å². The number of aromatic nitrogens is 3. The highest BCUT2D eigenvalue weighted by Crippen LogP contribution is 2.32. The van der Waals surface area contributed by atoms with Gasteiger partial charge in [-0.2, -0.15) is 9.40 Å². The molecule has 3 aliphatic rings. The third-order valence-electron chi connectivity index (χ3n) is 12.8. The molecule has 8 rings (SSSR count). The minimum Gasteiger partial charge on any atom is -0.381 e. The van der Waals surface area contributed by atoms with E-state index in [-0.39, 0.29) is 60.3 Å². The van der Waals surface area contributed by atoms with Crippen LogP contribution in [0.3, 0.4) is 0 Å². The number of ether oxygens (including phenoxy) is 1.